The van der Waals surface area contributed by atoms with Crippen LogP contribution in [0.5, 0.6) is 11.5 Å². The number of hydrogen-bond acceptors (Lipinski definition) is 3. The van der Waals surface area contributed by atoms with Gasteiger partial charge in [0.1, 0.15) is 23.0 Å². The van der Waals surface area contributed by atoms with E-state index >= 15 is 0 Å². The molecule has 2 unspecified atom stereocenters. The maximum Gasteiger partial charge on any atom is 0.237 e. The maximum absolute atomic E-state index is 11.3. The van der Waals surface area contributed by atoms with Crippen molar-refractivity contribution >= 4 is 17.5 Å². The Bertz CT molecular complexity index is 392. The van der Waals surface area contributed by atoms with E-state index in [1.165, 1.54) is 0 Å². The smallest absolute Gasteiger partial charge is 0.237 e. The van der Waals surface area contributed by atoms with Gasteiger partial charge < -0.3 is 14.8 Å². The first-order chi connectivity index (χ1) is 9.02. The highest BCUT2D eigenvalue weighted by molar-refractivity contribution is 6.30. The summed E-state index contributed by atoms with van der Waals surface area (Å²) in [6.45, 7) is 6.51. The summed E-state index contributed by atoms with van der Waals surface area (Å²) >= 11 is 5.65. The van der Waals surface area contributed by atoms with Gasteiger partial charge in [0.05, 0.1) is 13.2 Å². The summed E-state index contributed by atoms with van der Waals surface area (Å²) < 4.78 is 11.0. The molecule has 0 aromatic heterocycles. The number of benzene rings is 1. The van der Waals surface area contributed by atoms with E-state index in [1.807, 2.05) is 38.1 Å². The molecule has 0 saturated heterocycles. The van der Waals surface area contributed by atoms with Crippen LogP contribution >= 0.6 is 11.6 Å². The average molecular weight is 286 g/mol. The number of amides is 1. The Hall–Kier alpha value is -1.42. The van der Waals surface area contributed by atoms with Crippen molar-refractivity contribution in [3.05, 3.63) is 24.3 Å². The highest BCUT2D eigenvalue weighted by Crippen LogP contribution is 2.18. The van der Waals surface area contributed by atoms with Crippen molar-refractivity contribution in [3.63, 3.8) is 0 Å². The lowest BCUT2D eigenvalue weighted by molar-refractivity contribution is -0.120. The second-order valence-corrected chi connectivity index (χ2v) is 4.85. The van der Waals surface area contributed by atoms with Crippen molar-refractivity contribution in [2.45, 2.75) is 32.3 Å². The molecule has 0 saturated carbocycles. The molecule has 2 atom stereocenters. The predicted octanol–water partition coefficient (Wildman–Crippen LogP) is 2.60. The minimum Gasteiger partial charge on any atom is -0.494 e. The molecule has 106 valence electrons. The SMILES string of the molecule is CCOc1ccc(OC(C)CNC(=O)C(C)Cl)cc1. The number of alkyl halides is 1. The van der Waals surface area contributed by atoms with Crippen molar-refractivity contribution in [2.75, 3.05) is 13.2 Å². The summed E-state index contributed by atoms with van der Waals surface area (Å²) in [5.74, 6) is 1.36. The number of ether oxygens (including phenoxy) is 2. The number of rotatable bonds is 7. The third kappa shape index (κ3) is 5.83. The number of nitrogens with one attached hydrogen (secondary N) is 1. The van der Waals surface area contributed by atoms with Gasteiger partial charge in [0.2, 0.25) is 5.91 Å². The molecule has 0 heterocycles. The Balaban J connectivity index is 2.39. The second kappa shape index (κ2) is 7.89. The molecule has 0 bridgehead atoms. The molecule has 0 radical (unpaired) electrons. The van der Waals surface area contributed by atoms with Crippen molar-refractivity contribution in [1.29, 1.82) is 0 Å². The Labute approximate surface area is 119 Å². The van der Waals surface area contributed by atoms with Crippen LogP contribution in [0.2, 0.25) is 0 Å². The molecule has 0 spiro atoms. The Morgan fingerprint density at radius 1 is 1.26 bits per heavy atom. The largest absolute Gasteiger partial charge is 0.494 e. The molecule has 0 aliphatic carbocycles. The third-order valence-corrected chi connectivity index (χ3v) is 2.60. The van der Waals surface area contributed by atoms with Gasteiger partial charge in [-0.1, -0.05) is 0 Å². The van der Waals surface area contributed by atoms with Crippen LogP contribution in [0.3, 0.4) is 0 Å². The van der Waals surface area contributed by atoms with Gasteiger partial charge in [-0.15, -0.1) is 11.6 Å². The van der Waals surface area contributed by atoms with Crippen LogP contribution in [0.15, 0.2) is 24.3 Å². The Morgan fingerprint density at radius 3 is 2.37 bits per heavy atom. The Morgan fingerprint density at radius 2 is 1.84 bits per heavy atom. The van der Waals surface area contributed by atoms with Gasteiger partial charge in [-0.3, -0.25) is 4.79 Å². The summed E-state index contributed by atoms with van der Waals surface area (Å²) in [7, 11) is 0. The lowest BCUT2D eigenvalue weighted by Gasteiger charge is -2.16. The summed E-state index contributed by atoms with van der Waals surface area (Å²) in [6, 6.07) is 7.39. The minimum absolute atomic E-state index is 0.127. The number of carbonyl (C=O) groups excluding carboxylic acids is 1. The summed E-state index contributed by atoms with van der Waals surface area (Å²) in [5, 5.41) is 2.18. The van der Waals surface area contributed by atoms with Crippen LogP contribution < -0.4 is 14.8 Å². The standard InChI is InChI=1S/C14H20ClNO3/c1-4-18-12-5-7-13(8-6-12)19-10(2)9-16-14(17)11(3)15/h5-8,10-11H,4,9H2,1-3H3,(H,16,17). The number of hydrogen-bond donors (Lipinski definition) is 1. The van der Waals surface area contributed by atoms with Crippen molar-refractivity contribution in [2.24, 2.45) is 0 Å². The molecule has 0 aliphatic rings. The van der Waals surface area contributed by atoms with Gasteiger partial charge in [0, 0.05) is 0 Å². The molecule has 1 rings (SSSR count). The first kappa shape index (κ1) is 15.6. The van der Waals surface area contributed by atoms with Gasteiger partial charge in [-0.2, -0.15) is 0 Å². The maximum atomic E-state index is 11.3. The summed E-state index contributed by atoms with van der Waals surface area (Å²) in [6.07, 6.45) is -0.127. The molecular formula is C14H20ClNO3. The molecule has 0 aliphatic heterocycles. The molecule has 19 heavy (non-hydrogen) atoms. The fraction of sp³-hybridized carbons (Fsp3) is 0.500. The van der Waals surface area contributed by atoms with Crippen molar-refractivity contribution in [1.82, 2.24) is 5.32 Å². The van der Waals surface area contributed by atoms with E-state index in [4.69, 9.17) is 21.1 Å². The molecular weight excluding hydrogens is 266 g/mol. The number of carbonyl (C=O) groups is 1. The van der Waals surface area contributed by atoms with Crippen LogP contribution in [0, 0.1) is 0 Å². The van der Waals surface area contributed by atoms with Gasteiger partial charge in [-0.25, -0.2) is 0 Å². The monoisotopic (exact) mass is 285 g/mol. The van der Waals surface area contributed by atoms with E-state index in [2.05, 4.69) is 5.32 Å². The zero-order valence-electron chi connectivity index (χ0n) is 11.5. The molecule has 4 nitrogen and oxygen atoms in total. The van der Waals surface area contributed by atoms with E-state index in [0.29, 0.717) is 13.2 Å². The second-order valence-electron chi connectivity index (χ2n) is 4.19. The fourth-order valence-electron chi connectivity index (χ4n) is 1.44. The van der Waals surface area contributed by atoms with E-state index < -0.39 is 5.38 Å². The first-order valence-electron chi connectivity index (χ1n) is 6.34. The molecule has 1 amide bonds. The van der Waals surface area contributed by atoms with Gasteiger partial charge in [-0.05, 0) is 45.0 Å². The van der Waals surface area contributed by atoms with E-state index in [9.17, 15) is 4.79 Å². The molecule has 0 fully saturated rings. The quantitative estimate of drug-likeness (QED) is 0.784. The minimum atomic E-state index is -0.530. The van der Waals surface area contributed by atoms with Gasteiger partial charge >= 0.3 is 0 Å². The van der Waals surface area contributed by atoms with Crippen molar-refractivity contribution < 1.29 is 14.3 Å². The van der Waals surface area contributed by atoms with E-state index in [0.717, 1.165) is 11.5 Å². The zero-order valence-corrected chi connectivity index (χ0v) is 12.2. The van der Waals surface area contributed by atoms with E-state index in [1.54, 1.807) is 6.92 Å². The van der Waals surface area contributed by atoms with Gasteiger partial charge in [0.25, 0.3) is 0 Å². The van der Waals surface area contributed by atoms with Crippen LogP contribution in [0.1, 0.15) is 20.8 Å². The van der Waals surface area contributed by atoms with Crippen LogP contribution in [-0.4, -0.2) is 30.5 Å². The van der Waals surface area contributed by atoms with Crippen LogP contribution in [0.25, 0.3) is 0 Å². The predicted molar refractivity (Wildman–Crippen MR) is 76.0 cm³/mol. The normalized spacial score (nSPS) is 13.5. The zero-order chi connectivity index (χ0) is 14.3. The highest BCUT2D eigenvalue weighted by Gasteiger charge is 2.11. The van der Waals surface area contributed by atoms with Crippen molar-refractivity contribution in [3.8, 4) is 11.5 Å². The lowest BCUT2D eigenvalue weighted by Crippen LogP contribution is -2.36. The lowest BCUT2D eigenvalue weighted by atomic mass is 10.3. The van der Waals surface area contributed by atoms with Gasteiger partial charge in [0.15, 0.2) is 0 Å². The third-order valence-electron chi connectivity index (χ3n) is 2.40. The summed E-state index contributed by atoms with van der Waals surface area (Å²) in [4.78, 5) is 11.3. The molecule has 1 aromatic rings. The Kier molecular flexibility index (Phi) is 6.50. The highest BCUT2D eigenvalue weighted by atomic mass is 35.5. The fourth-order valence-corrected chi connectivity index (χ4v) is 1.52. The molecule has 1 aromatic carbocycles. The van der Waals surface area contributed by atoms with Crippen LogP contribution in [-0.2, 0) is 4.79 Å². The summed E-state index contributed by atoms with van der Waals surface area (Å²) in [5.41, 5.74) is 0. The first-order valence-corrected chi connectivity index (χ1v) is 6.78. The van der Waals surface area contributed by atoms with Crippen LogP contribution in [0.4, 0.5) is 0 Å². The average Bonchev–Trinajstić information content (AvgIpc) is 2.38. The molecule has 1 N–H and O–H groups in total. The topological polar surface area (TPSA) is 47.6 Å². The van der Waals surface area contributed by atoms with E-state index in [-0.39, 0.29) is 12.0 Å². The molecule has 5 heteroatoms. The number of halogens is 1.